The van der Waals surface area contributed by atoms with Gasteiger partial charge in [0, 0.05) is 6.54 Å². The molecule has 2 nitrogen and oxygen atoms in total. The van der Waals surface area contributed by atoms with Gasteiger partial charge in [-0.05, 0) is 36.2 Å². The van der Waals surface area contributed by atoms with Crippen LogP contribution in [0.5, 0.6) is 5.75 Å². The van der Waals surface area contributed by atoms with Crippen LogP contribution in [-0.4, -0.2) is 6.54 Å². The van der Waals surface area contributed by atoms with E-state index in [1.165, 1.54) is 24.0 Å². The number of ether oxygens (including phenoxy) is 1. The van der Waals surface area contributed by atoms with E-state index in [1.54, 1.807) is 0 Å². The van der Waals surface area contributed by atoms with Crippen LogP contribution in [0.3, 0.4) is 0 Å². The SMILES string of the molecule is CCCCNCc1ccc(OCc2ccccc2)cc1.Cl. The Kier molecular flexibility index (Phi) is 8.56. The Labute approximate surface area is 133 Å². The third kappa shape index (κ3) is 6.65. The first kappa shape index (κ1) is 17.5. The summed E-state index contributed by atoms with van der Waals surface area (Å²) in [4.78, 5) is 0. The van der Waals surface area contributed by atoms with Gasteiger partial charge in [-0.1, -0.05) is 55.8 Å². The molecule has 0 aliphatic heterocycles. The molecule has 0 fully saturated rings. The lowest BCUT2D eigenvalue weighted by Gasteiger charge is -2.08. The number of rotatable bonds is 8. The Morgan fingerprint density at radius 2 is 1.62 bits per heavy atom. The van der Waals surface area contributed by atoms with Gasteiger partial charge in [-0.3, -0.25) is 0 Å². The Balaban J connectivity index is 0.00000220. The van der Waals surface area contributed by atoms with E-state index >= 15 is 0 Å². The molecule has 0 saturated carbocycles. The van der Waals surface area contributed by atoms with Gasteiger partial charge in [-0.2, -0.15) is 0 Å². The van der Waals surface area contributed by atoms with Crippen molar-refractivity contribution in [1.29, 1.82) is 0 Å². The minimum absolute atomic E-state index is 0. The average molecular weight is 306 g/mol. The number of benzene rings is 2. The van der Waals surface area contributed by atoms with E-state index in [0.29, 0.717) is 6.61 Å². The molecule has 0 saturated heterocycles. The third-order valence-corrected chi connectivity index (χ3v) is 3.21. The first-order valence-corrected chi connectivity index (χ1v) is 7.35. The molecule has 0 aliphatic rings. The first-order valence-electron chi connectivity index (χ1n) is 7.35. The molecule has 2 aromatic rings. The summed E-state index contributed by atoms with van der Waals surface area (Å²) < 4.78 is 5.77. The molecule has 0 amide bonds. The molecule has 21 heavy (non-hydrogen) atoms. The fraction of sp³-hybridized carbons (Fsp3) is 0.333. The van der Waals surface area contributed by atoms with Crippen molar-refractivity contribution in [3.8, 4) is 5.75 Å². The van der Waals surface area contributed by atoms with Crippen LogP contribution in [0.25, 0.3) is 0 Å². The summed E-state index contributed by atoms with van der Waals surface area (Å²) in [6.07, 6.45) is 2.47. The predicted octanol–water partition coefficient (Wildman–Crippen LogP) is 4.58. The second-order valence-corrected chi connectivity index (χ2v) is 4.95. The van der Waals surface area contributed by atoms with Crippen LogP contribution < -0.4 is 10.1 Å². The summed E-state index contributed by atoms with van der Waals surface area (Å²) in [5.74, 6) is 0.922. The largest absolute Gasteiger partial charge is 0.489 e. The summed E-state index contributed by atoms with van der Waals surface area (Å²) in [6, 6.07) is 18.6. The zero-order chi connectivity index (χ0) is 14.0. The summed E-state index contributed by atoms with van der Waals surface area (Å²) >= 11 is 0. The van der Waals surface area contributed by atoms with Gasteiger partial charge in [0.05, 0.1) is 0 Å². The van der Waals surface area contributed by atoms with Gasteiger partial charge in [-0.15, -0.1) is 12.4 Å². The molecule has 3 heteroatoms. The van der Waals surface area contributed by atoms with Crippen molar-refractivity contribution in [1.82, 2.24) is 5.32 Å². The maximum absolute atomic E-state index is 5.77. The molecular formula is C18H24ClNO. The molecule has 0 spiro atoms. The topological polar surface area (TPSA) is 21.3 Å². The molecule has 114 valence electrons. The quantitative estimate of drug-likeness (QED) is 0.721. The van der Waals surface area contributed by atoms with E-state index in [2.05, 4.69) is 36.5 Å². The van der Waals surface area contributed by atoms with Crippen LogP contribution in [0.1, 0.15) is 30.9 Å². The van der Waals surface area contributed by atoms with Crippen molar-refractivity contribution < 1.29 is 4.74 Å². The zero-order valence-corrected chi connectivity index (χ0v) is 13.4. The van der Waals surface area contributed by atoms with Crippen LogP contribution in [-0.2, 0) is 13.2 Å². The summed E-state index contributed by atoms with van der Waals surface area (Å²) in [5, 5.41) is 3.44. The molecule has 2 aromatic carbocycles. The molecule has 0 aromatic heterocycles. The highest BCUT2D eigenvalue weighted by Crippen LogP contribution is 2.14. The van der Waals surface area contributed by atoms with Crippen molar-refractivity contribution in [2.75, 3.05) is 6.54 Å². The van der Waals surface area contributed by atoms with Crippen LogP contribution in [0.15, 0.2) is 54.6 Å². The van der Waals surface area contributed by atoms with Crippen LogP contribution in [0.2, 0.25) is 0 Å². The van der Waals surface area contributed by atoms with Crippen molar-refractivity contribution in [3.63, 3.8) is 0 Å². The van der Waals surface area contributed by atoms with Crippen LogP contribution in [0, 0.1) is 0 Å². The van der Waals surface area contributed by atoms with E-state index in [4.69, 9.17) is 4.74 Å². The first-order chi connectivity index (χ1) is 9.88. The average Bonchev–Trinajstić information content (AvgIpc) is 2.52. The number of unbranched alkanes of at least 4 members (excludes halogenated alkanes) is 1. The van der Waals surface area contributed by atoms with E-state index in [-0.39, 0.29) is 12.4 Å². The molecule has 0 atom stereocenters. The molecule has 0 bridgehead atoms. The summed E-state index contributed by atoms with van der Waals surface area (Å²) in [5.41, 5.74) is 2.49. The van der Waals surface area contributed by atoms with E-state index in [0.717, 1.165) is 18.8 Å². The smallest absolute Gasteiger partial charge is 0.119 e. The Morgan fingerprint density at radius 3 is 2.29 bits per heavy atom. The van der Waals surface area contributed by atoms with Crippen LogP contribution >= 0.6 is 12.4 Å². The lowest BCUT2D eigenvalue weighted by Crippen LogP contribution is -2.14. The lowest BCUT2D eigenvalue weighted by molar-refractivity contribution is 0.306. The Hall–Kier alpha value is -1.51. The Bertz CT molecular complexity index is 484. The normalized spacial score (nSPS) is 9.95. The highest BCUT2D eigenvalue weighted by atomic mass is 35.5. The van der Waals surface area contributed by atoms with E-state index in [9.17, 15) is 0 Å². The predicted molar refractivity (Wildman–Crippen MR) is 91.1 cm³/mol. The summed E-state index contributed by atoms with van der Waals surface area (Å²) in [7, 11) is 0. The van der Waals surface area contributed by atoms with E-state index < -0.39 is 0 Å². The minimum atomic E-state index is 0. The molecule has 0 unspecified atom stereocenters. The van der Waals surface area contributed by atoms with Crippen molar-refractivity contribution >= 4 is 12.4 Å². The fourth-order valence-corrected chi connectivity index (χ4v) is 1.98. The third-order valence-electron chi connectivity index (χ3n) is 3.21. The molecule has 0 radical (unpaired) electrons. The highest BCUT2D eigenvalue weighted by molar-refractivity contribution is 5.85. The minimum Gasteiger partial charge on any atom is -0.489 e. The number of halogens is 1. The van der Waals surface area contributed by atoms with E-state index in [1.807, 2.05) is 30.3 Å². The highest BCUT2D eigenvalue weighted by Gasteiger charge is 1.97. The summed E-state index contributed by atoms with van der Waals surface area (Å²) in [6.45, 7) is 4.84. The second kappa shape index (κ2) is 10.3. The standard InChI is InChI=1S/C18H23NO.ClH/c1-2-3-13-19-14-16-9-11-18(12-10-16)20-15-17-7-5-4-6-8-17;/h4-12,19H,2-3,13-15H2,1H3;1H. The maximum Gasteiger partial charge on any atom is 0.119 e. The Morgan fingerprint density at radius 1 is 0.905 bits per heavy atom. The van der Waals surface area contributed by atoms with Crippen LogP contribution in [0.4, 0.5) is 0 Å². The zero-order valence-electron chi connectivity index (χ0n) is 12.5. The molecule has 0 heterocycles. The van der Waals surface area contributed by atoms with Gasteiger partial charge in [0.1, 0.15) is 12.4 Å². The monoisotopic (exact) mass is 305 g/mol. The lowest BCUT2D eigenvalue weighted by atomic mass is 10.2. The molecule has 2 rings (SSSR count). The number of hydrogen-bond acceptors (Lipinski definition) is 2. The molecular weight excluding hydrogens is 282 g/mol. The number of hydrogen-bond donors (Lipinski definition) is 1. The van der Waals surface area contributed by atoms with Gasteiger partial charge in [0.25, 0.3) is 0 Å². The van der Waals surface area contributed by atoms with Gasteiger partial charge in [0.15, 0.2) is 0 Å². The van der Waals surface area contributed by atoms with Gasteiger partial charge >= 0.3 is 0 Å². The van der Waals surface area contributed by atoms with Gasteiger partial charge in [-0.25, -0.2) is 0 Å². The van der Waals surface area contributed by atoms with Gasteiger partial charge < -0.3 is 10.1 Å². The maximum atomic E-state index is 5.77. The van der Waals surface area contributed by atoms with Crippen molar-refractivity contribution in [2.24, 2.45) is 0 Å². The van der Waals surface area contributed by atoms with Crippen molar-refractivity contribution in [3.05, 3.63) is 65.7 Å². The van der Waals surface area contributed by atoms with Gasteiger partial charge in [0.2, 0.25) is 0 Å². The second-order valence-electron chi connectivity index (χ2n) is 4.95. The fourth-order valence-electron chi connectivity index (χ4n) is 1.98. The van der Waals surface area contributed by atoms with Crippen molar-refractivity contribution in [2.45, 2.75) is 32.9 Å². The number of nitrogens with one attached hydrogen (secondary N) is 1. The molecule has 0 aliphatic carbocycles. The molecule has 1 N–H and O–H groups in total.